The molecule has 6 nitrogen and oxygen atoms in total. The highest BCUT2D eigenvalue weighted by atomic mass is 16.1. The Bertz CT molecular complexity index is 414. The van der Waals surface area contributed by atoms with Crippen LogP contribution < -0.4 is 15.5 Å². The van der Waals surface area contributed by atoms with Gasteiger partial charge in [-0.2, -0.15) is 0 Å². The van der Waals surface area contributed by atoms with Gasteiger partial charge in [0, 0.05) is 39.4 Å². The summed E-state index contributed by atoms with van der Waals surface area (Å²) < 4.78 is 0. The second kappa shape index (κ2) is 5.09. The third-order valence-corrected chi connectivity index (χ3v) is 2.84. The first-order valence-corrected chi connectivity index (χ1v) is 5.73. The molecular formula is C11H17N5O. The van der Waals surface area contributed by atoms with Gasteiger partial charge in [0.25, 0.3) is 5.91 Å². The molecule has 1 aromatic heterocycles. The third kappa shape index (κ3) is 2.52. The number of nitrogens with zero attached hydrogens (tertiary/aromatic N) is 3. The van der Waals surface area contributed by atoms with Gasteiger partial charge in [0.05, 0.1) is 11.3 Å². The molecule has 1 aliphatic heterocycles. The Labute approximate surface area is 100 Å². The van der Waals surface area contributed by atoms with Gasteiger partial charge in [-0.3, -0.25) is 4.79 Å². The summed E-state index contributed by atoms with van der Waals surface area (Å²) in [5.74, 6) is 0.561. The second-order valence-corrected chi connectivity index (χ2v) is 3.99. The molecule has 2 N–H and O–H groups in total. The zero-order chi connectivity index (χ0) is 12.3. The van der Waals surface area contributed by atoms with Crippen molar-refractivity contribution in [3.63, 3.8) is 0 Å². The fraction of sp³-hybridized carbons (Fsp3) is 0.545. The summed E-state index contributed by atoms with van der Waals surface area (Å²) in [5.41, 5.74) is 1.25. The van der Waals surface area contributed by atoms with Crippen LogP contribution in [0, 0.1) is 6.92 Å². The molecule has 1 aromatic rings. The van der Waals surface area contributed by atoms with Crippen molar-refractivity contribution in [3.05, 3.63) is 17.5 Å². The molecular weight excluding hydrogens is 218 g/mol. The standard InChI is InChI=1S/C11H17N5O/c1-8-9(10(17)12-2)7-14-11(15-8)16-5-3-13-4-6-16/h7,13H,3-6H2,1-2H3,(H,12,17). The van der Waals surface area contributed by atoms with E-state index >= 15 is 0 Å². The van der Waals surface area contributed by atoms with Crippen LogP contribution in [0.1, 0.15) is 16.1 Å². The summed E-state index contributed by atoms with van der Waals surface area (Å²) in [6, 6.07) is 0. The Morgan fingerprint density at radius 2 is 2.18 bits per heavy atom. The molecule has 92 valence electrons. The quantitative estimate of drug-likeness (QED) is 0.727. The molecule has 2 rings (SSSR count). The van der Waals surface area contributed by atoms with Crippen LogP contribution >= 0.6 is 0 Å². The molecule has 0 atom stereocenters. The number of aryl methyl sites for hydroxylation is 1. The Balaban J connectivity index is 2.20. The molecule has 1 amide bonds. The molecule has 0 unspecified atom stereocenters. The zero-order valence-corrected chi connectivity index (χ0v) is 10.2. The van der Waals surface area contributed by atoms with Crippen molar-refractivity contribution in [2.24, 2.45) is 0 Å². The van der Waals surface area contributed by atoms with Gasteiger partial charge in [0.1, 0.15) is 0 Å². The predicted molar refractivity (Wildman–Crippen MR) is 65.2 cm³/mol. The molecule has 0 aromatic carbocycles. The maximum absolute atomic E-state index is 11.5. The summed E-state index contributed by atoms with van der Waals surface area (Å²) in [6.45, 7) is 5.52. The molecule has 0 saturated carbocycles. The SMILES string of the molecule is CNC(=O)c1cnc(N2CCNCC2)nc1C. The van der Waals surface area contributed by atoms with Gasteiger partial charge in [-0.25, -0.2) is 9.97 Å². The number of aromatic nitrogens is 2. The Morgan fingerprint density at radius 1 is 1.47 bits per heavy atom. The minimum atomic E-state index is -0.144. The van der Waals surface area contributed by atoms with Crippen molar-refractivity contribution < 1.29 is 4.79 Å². The molecule has 2 heterocycles. The fourth-order valence-corrected chi connectivity index (χ4v) is 1.83. The Kier molecular flexibility index (Phi) is 3.53. The van der Waals surface area contributed by atoms with E-state index in [1.54, 1.807) is 13.2 Å². The zero-order valence-electron chi connectivity index (χ0n) is 10.2. The number of hydrogen-bond donors (Lipinski definition) is 2. The van der Waals surface area contributed by atoms with Crippen LogP contribution in [0.15, 0.2) is 6.20 Å². The molecule has 0 radical (unpaired) electrons. The van der Waals surface area contributed by atoms with E-state index in [0.717, 1.165) is 26.2 Å². The number of carbonyl (C=O) groups is 1. The highest BCUT2D eigenvalue weighted by molar-refractivity contribution is 5.94. The molecule has 0 spiro atoms. The topological polar surface area (TPSA) is 70.2 Å². The molecule has 0 bridgehead atoms. The van der Waals surface area contributed by atoms with Crippen molar-refractivity contribution in [1.82, 2.24) is 20.6 Å². The maximum atomic E-state index is 11.5. The number of nitrogens with one attached hydrogen (secondary N) is 2. The first-order valence-electron chi connectivity index (χ1n) is 5.73. The highest BCUT2D eigenvalue weighted by Crippen LogP contribution is 2.11. The van der Waals surface area contributed by atoms with Crippen LogP contribution in [-0.2, 0) is 0 Å². The van der Waals surface area contributed by atoms with Crippen molar-refractivity contribution in [2.75, 3.05) is 38.1 Å². The molecule has 6 heteroatoms. The van der Waals surface area contributed by atoms with Crippen molar-refractivity contribution >= 4 is 11.9 Å². The van der Waals surface area contributed by atoms with Gasteiger partial charge >= 0.3 is 0 Å². The minimum absolute atomic E-state index is 0.144. The number of hydrogen-bond acceptors (Lipinski definition) is 5. The van der Waals surface area contributed by atoms with Crippen LogP contribution in [0.25, 0.3) is 0 Å². The van der Waals surface area contributed by atoms with Crippen LogP contribution in [0.3, 0.4) is 0 Å². The predicted octanol–water partition coefficient (Wildman–Crippen LogP) is -0.446. The lowest BCUT2D eigenvalue weighted by Gasteiger charge is -2.27. The van der Waals surface area contributed by atoms with E-state index < -0.39 is 0 Å². The van der Waals surface area contributed by atoms with Crippen LogP contribution in [0.4, 0.5) is 5.95 Å². The smallest absolute Gasteiger partial charge is 0.254 e. The second-order valence-electron chi connectivity index (χ2n) is 3.99. The molecule has 17 heavy (non-hydrogen) atoms. The first kappa shape index (κ1) is 11.8. The lowest BCUT2D eigenvalue weighted by atomic mass is 10.2. The first-order chi connectivity index (χ1) is 8.22. The summed E-state index contributed by atoms with van der Waals surface area (Å²) in [5, 5.41) is 5.86. The summed E-state index contributed by atoms with van der Waals surface area (Å²) >= 11 is 0. The Hall–Kier alpha value is -1.69. The maximum Gasteiger partial charge on any atom is 0.254 e. The lowest BCUT2D eigenvalue weighted by Crippen LogP contribution is -2.44. The van der Waals surface area contributed by atoms with Crippen molar-refractivity contribution in [1.29, 1.82) is 0 Å². The summed E-state index contributed by atoms with van der Waals surface area (Å²) in [7, 11) is 1.60. The number of amides is 1. The fourth-order valence-electron chi connectivity index (χ4n) is 1.83. The molecule has 1 aliphatic rings. The average Bonchev–Trinajstić information content (AvgIpc) is 2.39. The summed E-state index contributed by atoms with van der Waals surface area (Å²) in [6.07, 6.45) is 1.60. The number of carbonyl (C=O) groups excluding carboxylic acids is 1. The van der Waals surface area contributed by atoms with E-state index in [0.29, 0.717) is 17.2 Å². The Morgan fingerprint density at radius 3 is 2.76 bits per heavy atom. The molecule has 0 aliphatic carbocycles. The number of anilines is 1. The molecule has 1 fully saturated rings. The van der Waals surface area contributed by atoms with Gasteiger partial charge in [-0.05, 0) is 6.92 Å². The minimum Gasteiger partial charge on any atom is -0.355 e. The summed E-state index contributed by atoms with van der Waals surface area (Å²) in [4.78, 5) is 22.3. The van der Waals surface area contributed by atoms with E-state index in [2.05, 4.69) is 25.5 Å². The third-order valence-electron chi connectivity index (χ3n) is 2.84. The van der Waals surface area contributed by atoms with Crippen molar-refractivity contribution in [3.8, 4) is 0 Å². The van der Waals surface area contributed by atoms with Gasteiger partial charge in [0.2, 0.25) is 5.95 Å². The number of rotatable bonds is 2. The van der Waals surface area contributed by atoms with Crippen molar-refractivity contribution in [2.45, 2.75) is 6.92 Å². The van der Waals surface area contributed by atoms with Gasteiger partial charge < -0.3 is 15.5 Å². The normalized spacial score (nSPS) is 15.8. The molecule has 1 saturated heterocycles. The number of piperazine rings is 1. The van der Waals surface area contributed by atoms with Crippen LogP contribution in [-0.4, -0.2) is 49.1 Å². The van der Waals surface area contributed by atoms with Gasteiger partial charge in [-0.15, -0.1) is 0 Å². The van der Waals surface area contributed by atoms with Gasteiger partial charge in [-0.1, -0.05) is 0 Å². The van der Waals surface area contributed by atoms with Crippen LogP contribution in [0.2, 0.25) is 0 Å². The van der Waals surface area contributed by atoms with E-state index in [1.165, 1.54) is 0 Å². The monoisotopic (exact) mass is 235 g/mol. The van der Waals surface area contributed by atoms with E-state index in [1.807, 2.05) is 6.92 Å². The highest BCUT2D eigenvalue weighted by Gasteiger charge is 2.15. The average molecular weight is 235 g/mol. The van der Waals surface area contributed by atoms with Crippen LogP contribution in [0.5, 0.6) is 0 Å². The van der Waals surface area contributed by atoms with Gasteiger partial charge in [0.15, 0.2) is 0 Å². The largest absolute Gasteiger partial charge is 0.355 e. The van der Waals surface area contributed by atoms with E-state index in [9.17, 15) is 4.79 Å². The van der Waals surface area contributed by atoms with E-state index in [4.69, 9.17) is 0 Å². The lowest BCUT2D eigenvalue weighted by molar-refractivity contribution is 0.0961. The van der Waals surface area contributed by atoms with E-state index in [-0.39, 0.29) is 5.91 Å².